The van der Waals surface area contributed by atoms with E-state index in [0.29, 0.717) is 17.8 Å². The molecule has 0 atom stereocenters. The van der Waals surface area contributed by atoms with E-state index in [0.717, 1.165) is 11.3 Å². The predicted molar refractivity (Wildman–Crippen MR) is 99.0 cm³/mol. The summed E-state index contributed by atoms with van der Waals surface area (Å²) in [5, 5.41) is 6.80. The molecule has 2 aromatic carbocycles. The van der Waals surface area contributed by atoms with Crippen molar-refractivity contribution < 1.29 is 9.59 Å². The van der Waals surface area contributed by atoms with Gasteiger partial charge in [-0.3, -0.25) is 4.79 Å². The van der Waals surface area contributed by atoms with E-state index in [1.807, 2.05) is 36.5 Å². The van der Waals surface area contributed by atoms with Gasteiger partial charge in [0.1, 0.15) is 0 Å². The van der Waals surface area contributed by atoms with Crippen LogP contribution in [0.3, 0.4) is 0 Å². The third-order valence-electron chi connectivity index (χ3n) is 3.80. The quantitative estimate of drug-likeness (QED) is 0.741. The van der Waals surface area contributed by atoms with E-state index >= 15 is 0 Å². The Bertz CT molecular complexity index is 920. The molecule has 0 radical (unpaired) electrons. The zero-order valence-corrected chi connectivity index (χ0v) is 14.3. The standard InChI is InChI=1S/C19H19N5O2/c1-23(18(25)15-6-5-7-16(10-15)22-19(20)26)12-14-11-21-24(13-14)17-8-3-2-4-9-17/h2-11,13H,12H2,1H3,(H3,20,22,26). The van der Waals surface area contributed by atoms with Crippen molar-refractivity contribution in [3.05, 3.63) is 78.1 Å². The van der Waals surface area contributed by atoms with Gasteiger partial charge in [0, 0.05) is 36.6 Å². The van der Waals surface area contributed by atoms with Gasteiger partial charge in [-0.1, -0.05) is 24.3 Å². The number of primary amides is 1. The van der Waals surface area contributed by atoms with Crippen LogP contribution in [-0.2, 0) is 6.54 Å². The minimum atomic E-state index is -0.670. The highest BCUT2D eigenvalue weighted by atomic mass is 16.2. The fraction of sp³-hybridized carbons (Fsp3) is 0.105. The Morgan fingerprint density at radius 1 is 1.15 bits per heavy atom. The highest BCUT2D eigenvalue weighted by molar-refractivity contribution is 5.96. The van der Waals surface area contributed by atoms with Crippen LogP contribution in [0.1, 0.15) is 15.9 Å². The lowest BCUT2D eigenvalue weighted by Gasteiger charge is -2.16. The Kier molecular flexibility index (Phi) is 4.98. The van der Waals surface area contributed by atoms with Crippen molar-refractivity contribution in [2.45, 2.75) is 6.54 Å². The van der Waals surface area contributed by atoms with Crippen LogP contribution < -0.4 is 11.1 Å². The van der Waals surface area contributed by atoms with Gasteiger partial charge in [0.15, 0.2) is 0 Å². The number of benzene rings is 2. The summed E-state index contributed by atoms with van der Waals surface area (Å²) in [5.41, 5.74) is 7.92. The lowest BCUT2D eigenvalue weighted by Crippen LogP contribution is -2.26. The molecule has 1 heterocycles. The van der Waals surface area contributed by atoms with E-state index in [1.165, 1.54) is 0 Å². The largest absolute Gasteiger partial charge is 0.351 e. The zero-order chi connectivity index (χ0) is 18.5. The lowest BCUT2D eigenvalue weighted by molar-refractivity contribution is 0.0785. The second-order valence-corrected chi connectivity index (χ2v) is 5.86. The summed E-state index contributed by atoms with van der Waals surface area (Å²) >= 11 is 0. The maximum absolute atomic E-state index is 12.6. The maximum atomic E-state index is 12.6. The first-order valence-corrected chi connectivity index (χ1v) is 8.04. The van der Waals surface area contributed by atoms with Gasteiger partial charge in [0.2, 0.25) is 0 Å². The highest BCUT2D eigenvalue weighted by Crippen LogP contribution is 2.14. The Balaban J connectivity index is 1.70. The number of nitrogens with two attached hydrogens (primary N) is 1. The molecule has 0 aliphatic heterocycles. The average Bonchev–Trinajstić information content (AvgIpc) is 3.10. The van der Waals surface area contributed by atoms with Gasteiger partial charge < -0.3 is 16.0 Å². The molecule has 3 N–H and O–H groups in total. The summed E-state index contributed by atoms with van der Waals surface area (Å²) < 4.78 is 1.77. The van der Waals surface area contributed by atoms with Crippen LogP contribution in [0.15, 0.2) is 67.0 Å². The molecule has 132 valence electrons. The molecule has 0 aliphatic carbocycles. The first-order valence-electron chi connectivity index (χ1n) is 8.04. The summed E-state index contributed by atoms with van der Waals surface area (Å²) in [4.78, 5) is 25.2. The second kappa shape index (κ2) is 7.52. The molecule has 0 unspecified atom stereocenters. The Morgan fingerprint density at radius 3 is 2.65 bits per heavy atom. The molecule has 7 nitrogen and oxygen atoms in total. The van der Waals surface area contributed by atoms with E-state index in [2.05, 4.69) is 10.4 Å². The van der Waals surface area contributed by atoms with Crippen LogP contribution in [0.25, 0.3) is 5.69 Å². The van der Waals surface area contributed by atoms with Crippen molar-refractivity contribution in [3.63, 3.8) is 0 Å². The van der Waals surface area contributed by atoms with E-state index in [-0.39, 0.29) is 5.91 Å². The Morgan fingerprint density at radius 2 is 1.92 bits per heavy atom. The van der Waals surface area contributed by atoms with Crippen LogP contribution in [0.4, 0.5) is 10.5 Å². The third-order valence-corrected chi connectivity index (χ3v) is 3.80. The van der Waals surface area contributed by atoms with Crippen molar-refractivity contribution in [2.75, 3.05) is 12.4 Å². The summed E-state index contributed by atoms with van der Waals surface area (Å²) in [6.45, 7) is 0.416. The molecule has 0 bridgehead atoms. The number of hydrogen-bond donors (Lipinski definition) is 2. The van der Waals surface area contributed by atoms with Gasteiger partial charge in [-0.15, -0.1) is 0 Å². The Hall–Kier alpha value is -3.61. The molecule has 0 aliphatic rings. The number of amides is 3. The van der Waals surface area contributed by atoms with Gasteiger partial charge in [-0.05, 0) is 30.3 Å². The van der Waals surface area contributed by atoms with Gasteiger partial charge >= 0.3 is 6.03 Å². The van der Waals surface area contributed by atoms with Gasteiger partial charge in [0.05, 0.1) is 11.9 Å². The van der Waals surface area contributed by atoms with E-state index in [9.17, 15) is 9.59 Å². The maximum Gasteiger partial charge on any atom is 0.316 e. The molecule has 7 heteroatoms. The molecule has 3 amide bonds. The highest BCUT2D eigenvalue weighted by Gasteiger charge is 2.14. The second-order valence-electron chi connectivity index (χ2n) is 5.86. The van der Waals surface area contributed by atoms with Crippen LogP contribution in [0, 0.1) is 0 Å². The number of aromatic nitrogens is 2. The molecule has 1 aromatic heterocycles. The van der Waals surface area contributed by atoms with Crippen LogP contribution in [0.2, 0.25) is 0 Å². The monoisotopic (exact) mass is 349 g/mol. The molecule has 26 heavy (non-hydrogen) atoms. The normalized spacial score (nSPS) is 10.3. The Labute approximate surface area is 151 Å². The number of carbonyl (C=O) groups is 2. The van der Waals surface area contributed by atoms with Crippen molar-refractivity contribution in [2.24, 2.45) is 5.73 Å². The summed E-state index contributed by atoms with van der Waals surface area (Å²) in [6, 6.07) is 15.7. The fourth-order valence-corrected chi connectivity index (χ4v) is 2.60. The van der Waals surface area contributed by atoms with Crippen molar-refractivity contribution in [1.82, 2.24) is 14.7 Å². The molecule has 0 saturated carbocycles. The SMILES string of the molecule is CN(Cc1cnn(-c2ccccc2)c1)C(=O)c1cccc(NC(N)=O)c1. The van der Waals surface area contributed by atoms with Crippen LogP contribution >= 0.6 is 0 Å². The number of para-hydroxylation sites is 1. The molecular formula is C19H19N5O2. The van der Waals surface area contributed by atoms with Crippen LogP contribution in [0.5, 0.6) is 0 Å². The number of nitrogens with one attached hydrogen (secondary N) is 1. The first-order chi connectivity index (χ1) is 12.5. The van der Waals surface area contributed by atoms with Crippen molar-refractivity contribution in [3.8, 4) is 5.69 Å². The minimum absolute atomic E-state index is 0.161. The molecular weight excluding hydrogens is 330 g/mol. The fourth-order valence-electron chi connectivity index (χ4n) is 2.60. The topological polar surface area (TPSA) is 93.2 Å². The third kappa shape index (κ3) is 4.07. The summed E-state index contributed by atoms with van der Waals surface area (Å²) in [5.74, 6) is -0.161. The number of nitrogens with zero attached hydrogens (tertiary/aromatic N) is 3. The molecule has 3 rings (SSSR count). The van der Waals surface area contributed by atoms with Gasteiger partial charge in [-0.2, -0.15) is 5.10 Å². The van der Waals surface area contributed by atoms with E-state index in [4.69, 9.17) is 5.73 Å². The first kappa shape index (κ1) is 17.2. The number of anilines is 1. The predicted octanol–water partition coefficient (Wildman–Crippen LogP) is 2.64. The lowest BCUT2D eigenvalue weighted by atomic mass is 10.1. The molecule has 0 spiro atoms. The van der Waals surface area contributed by atoms with Gasteiger partial charge in [0.25, 0.3) is 5.91 Å². The van der Waals surface area contributed by atoms with Crippen molar-refractivity contribution in [1.29, 1.82) is 0 Å². The minimum Gasteiger partial charge on any atom is -0.351 e. The average molecular weight is 349 g/mol. The molecule has 3 aromatic rings. The van der Waals surface area contributed by atoms with Crippen LogP contribution in [-0.4, -0.2) is 33.7 Å². The summed E-state index contributed by atoms with van der Waals surface area (Å²) in [6.07, 6.45) is 3.63. The van der Waals surface area contributed by atoms with Gasteiger partial charge in [-0.25, -0.2) is 9.48 Å². The number of hydrogen-bond acceptors (Lipinski definition) is 3. The number of urea groups is 1. The molecule has 0 fully saturated rings. The number of carbonyl (C=O) groups excluding carboxylic acids is 2. The van der Waals surface area contributed by atoms with E-state index in [1.54, 1.807) is 47.1 Å². The zero-order valence-electron chi connectivity index (χ0n) is 14.3. The summed E-state index contributed by atoms with van der Waals surface area (Å²) in [7, 11) is 1.72. The smallest absolute Gasteiger partial charge is 0.316 e. The van der Waals surface area contributed by atoms with Crippen molar-refractivity contribution >= 4 is 17.6 Å². The molecule has 0 saturated heterocycles. The number of rotatable bonds is 5. The van der Waals surface area contributed by atoms with E-state index < -0.39 is 6.03 Å².